The molecule has 6 heteroatoms. The van der Waals surface area contributed by atoms with E-state index >= 15 is 0 Å². The van der Waals surface area contributed by atoms with E-state index in [9.17, 15) is 13.2 Å². The van der Waals surface area contributed by atoms with E-state index in [4.69, 9.17) is 4.74 Å². The van der Waals surface area contributed by atoms with Gasteiger partial charge < -0.3 is 4.74 Å². The standard InChI is InChI=1S/C15H11NO4S/c1-10(17)11-6-2-4-8-13(11)20-15-12-7-3-5-9-14(12)21(18,19)16-15/h2-9H,1H3. The number of para-hydroxylation sites is 1. The average molecular weight is 301 g/mol. The van der Waals surface area contributed by atoms with Crippen LogP contribution in [0.2, 0.25) is 0 Å². The normalized spacial score (nSPS) is 15.2. The Labute approximate surface area is 122 Å². The Hall–Kier alpha value is -2.47. The lowest BCUT2D eigenvalue weighted by atomic mass is 10.1. The van der Waals surface area contributed by atoms with Crippen molar-refractivity contribution in [2.45, 2.75) is 11.8 Å². The number of sulfonamides is 1. The molecule has 0 aromatic heterocycles. The van der Waals surface area contributed by atoms with Crippen LogP contribution in [0.5, 0.6) is 5.75 Å². The number of benzene rings is 2. The van der Waals surface area contributed by atoms with Crippen molar-refractivity contribution in [3.05, 3.63) is 59.7 Å². The van der Waals surface area contributed by atoms with Crippen molar-refractivity contribution in [1.29, 1.82) is 0 Å². The molecule has 0 bridgehead atoms. The predicted octanol–water partition coefficient (Wildman–Crippen LogP) is 2.42. The summed E-state index contributed by atoms with van der Waals surface area (Å²) in [5.74, 6) is 0.107. The van der Waals surface area contributed by atoms with Gasteiger partial charge in [-0.25, -0.2) is 0 Å². The molecule has 1 aliphatic heterocycles. The number of hydrogen-bond acceptors (Lipinski definition) is 4. The quantitative estimate of drug-likeness (QED) is 0.798. The summed E-state index contributed by atoms with van der Waals surface area (Å²) < 4.78 is 33.1. The average Bonchev–Trinajstić information content (AvgIpc) is 2.71. The molecule has 5 nitrogen and oxygen atoms in total. The smallest absolute Gasteiger partial charge is 0.286 e. The van der Waals surface area contributed by atoms with E-state index in [2.05, 4.69) is 4.40 Å². The van der Waals surface area contributed by atoms with Crippen molar-refractivity contribution in [3.63, 3.8) is 0 Å². The highest BCUT2D eigenvalue weighted by atomic mass is 32.2. The molecule has 0 amide bonds. The summed E-state index contributed by atoms with van der Waals surface area (Å²) in [6, 6.07) is 13.1. The largest absolute Gasteiger partial charge is 0.437 e. The number of ether oxygens (including phenoxy) is 1. The summed E-state index contributed by atoms with van der Waals surface area (Å²) in [5, 5.41) is 0. The molecule has 0 atom stereocenters. The van der Waals surface area contributed by atoms with E-state index in [1.165, 1.54) is 13.0 Å². The van der Waals surface area contributed by atoms with Crippen LogP contribution in [0.25, 0.3) is 0 Å². The Balaban J connectivity index is 2.07. The first-order chi connectivity index (χ1) is 9.99. The number of carbonyl (C=O) groups excluding carboxylic acids is 1. The molecule has 1 aliphatic rings. The van der Waals surface area contributed by atoms with Gasteiger partial charge in [-0.3, -0.25) is 4.79 Å². The van der Waals surface area contributed by atoms with E-state index in [1.54, 1.807) is 42.5 Å². The monoisotopic (exact) mass is 301 g/mol. The van der Waals surface area contributed by atoms with Gasteiger partial charge in [-0.15, -0.1) is 4.40 Å². The highest BCUT2D eigenvalue weighted by Gasteiger charge is 2.30. The molecule has 0 spiro atoms. The van der Waals surface area contributed by atoms with Crippen LogP contribution in [0, 0.1) is 0 Å². The lowest BCUT2D eigenvalue weighted by molar-refractivity contribution is 0.101. The van der Waals surface area contributed by atoms with Crippen LogP contribution in [-0.4, -0.2) is 20.1 Å². The first-order valence-electron chi connectivity index (χ1n) is 6.21. The van der Waals surface area contributed by atoms with Crippen LogP contribution >= 0.6 is 0 Å². The Bertz CT molecular complexity index is 869. The molecule has 0 aliphatic carbocycles. The summed E-state index contributed by atoms with van der Waals surface area (Å²) in [4.78, 5) is 11.7. The SMILES string of the molecule is CC(=O)c1ccccc1OC1=NS(=O)(=O)c2ccccc21. The summed E-state index contributed by atoms with van der Waals surface area (Å²) in [7, 11) is -3.73. The van der Waals surface area contributed by atoms with Gasteiger partial charge >= 0.3 is 0 Å². The van der Waals surface area contributed by atoms with Gasteiger partial charge in [-0.2, -0.15) is 8.42 Å². The number of fused-ring (bicyclic) bond motifs is 1. The Morgan fingerprint density at radius 2 is 1.71 bits per heavy atom. The molecule has 2 aromatic carbocycles. The van der Waals surface area contributed by atoms with Crippen LogP contribution in [-0.2, 0) is 10.0 Å². The number of carbonyl (C=O) groups is 1. The van der Waals surface area contributed by atoms with Crippen LogP contribution in [0.3, 0.4) is 0 Å². The van der Waals surface area contributed by atoms with E-state index in [1.807, 2.05) is 0 Å². The van der Waals surface area contributed by atoms with E-state index in [-0.39, 0.29) is 22.3 Å². The highest BCUT2D eigenvalue weighted by molar-refractivity contribution is 7.90. The number of hydrogen-bond donors (Lipinski definition) is 0. The third-order valence-electron chi connectivity index (χ3n) is 3.07. The maximum absolute atomic E-state index is 11.9. The molecule has 2 aromatic rings. The third kappa shape index (κ3) is 2.34. The molecule has 106 valence electrons. The van der Waals surface area contributed by atoms with Gasteiger partial charge in [0.2, 0.25) is 5.90 Å². The molecule has 21 heavy (non-hydrogen) atoms. The number of ketones is 1. The van der Waals surface area contributed by atoms with Gasteiger partial charge in [-0.05, 0) is 31.2 Å². The lowest BCUT2D eigenvalue weighted by Gasteiger charge is -2.08. The number of Topliss-reactive ketones (excluding diaryl/α,β-unsaturated/α-hetero) is 1. The summed E-state index contributed by atoms with van der Waals surface area (Å²) in [6.45, 7) is 1.42. The predicted molar refractivity (Wildman–Crippen MR) is 77.2 cm³/mol. The van der Waals surface area contributed by atoms with Crippen molar-refractivity contribution in [2.24, 2.45) is 4.40 Å². The molecular formula is C15H11NO4S. The Morgan fingerprint density at radius 1 is 1.05 bits per heavy atom. The van der Waals surface area contributed by atoms with Crippen LogP contribution in [0.1, 0.15) is 22.8 Å². The zero-order valence-corrected chi connectivity index (χ0v) is 11.9. The van der Waals surface area contributed by atoms with Crippen molar-refractivity contribution in [3.8, 4) is 5.75 Å². The van der Waals surface area contributed by atoms with Gasteiger partial charge in [0.15, 0.2) is 5.78 Å². The third-order valence-corrected chi connectivity index (χ3v) is 4.39. The van der Waals surface area contributed by atoms with Gasteiger partial charge in [-0.1, -0.05) is 24.3 Å². The topological polar surface area (TPSA) is 72.8 Å². The Kier molecular flexibility index (Phi) is 3.10. The fourth-order valence-electron chi connectivity index (χ4n) is 2.10. The minimum absolute atomic E-state index is 0.0145. The maximum Gasteiger partial charge on any atom is 0.286 e. The van der Waals surface area contributed by atoms with E-state index in [0.717, 1.165) is 0 Å². The second-order valence-electron chi connectivity index (χ2n) is 4.52. The van der Waals surface area contributed by atoms with Crippen molar-refractivity contribution >= 4 is 21.7 Å². The molecule has 0 radical (unpaired) electrons. The lowest BCUT2D eigenvalue weighted by Crippen LogP contribution is -2.10. The minimum atomic E-state index is -3.73. The maximum atomic E-state index is 11.9. The molecule has 3 rings (SSSR count). The summed E-state index contributed by atoms with van der Waals surface area (Å²) in [6.07, 6.45) is 0. The fraction of sp³-hybridized carbons (Fsp3) is 0.0667. The van der Waals surface area contributed by atoms with Crippen LogP contribution in [0.4, 0.5) is 0 Å². The molecule has 1 heterocycles. The highest BCUT2D eigenvalue weighted by Crippen LogP contribution is 2.28. The molecule has 0 unspecified atom stereocenters. The second-order valence-corrected chi connectivity index (χ2v) is 6.09. The summed E-state index contributed by atoms with van der Waals surface area (Å²) >= 11 is 0. The second kappa shape index (κ2) is 4.82. The van der Waals surface area contributed by atoms with E-state index in [0.29, 0.717) is 11.1 Å². The number of rotatable bonds is 2. The minimum Gasteiger partial charge on any atom is -0.437 e. The first-order valence-corrected chi connectivity index (χ1v) is 7.65. The van der Waals surface area contributed by atoms with Gasteiger partial charge in [0, 0.05) is 0 Å². The molecular weight excluding hydrogens is 290 g/mol. The van der Waals surface area contributed by atoms with Crippen LogP contribution < -0.4 is 4.74 Å². The molecule has 0 N–H and O–H groups in total. The summed E-state index contributed by atoms with van der Waals surface area (Å²) in [5.41, 5.74) is 0.776. The van der Waals surface area contributed by atoms with E-state index < -0.39 is 10.0 Å². The molecule has 0 saturated heterocycles. The van der Waals surface area contributed by atoms with Gasteiger partial charge in [0.25, 0.3) is 10.0 Å². The van der Waals surface area contributed by atoms with Gasteiger partial charge in [0.1, 0.15) is 10.6 Å². The van der Waals surface area contributed by atoms with Crippen molar-refractivity contribution in [1.82, 2.24) is 0 Å². The zero-order chi connectivity index (χ0) is 15.0. The molecule has 0 fully saturated rings. The van der Waals surface area contributed by atoms with Crippen LogP contribution in [0.15, 0.2) is 57.8 Å². The fourth-order valence-corrected chi connectivity index (χ4v) is 3.24. The Morgan fingerprint density at radius 3 is 2.48 bits per heavy atom. The molecule has 0 saturated carbocycles. The first kappa shape index (κ1) is 13.5. The van der Waals surface area contributed by atoms with Crippen molar-refractivity contribution < 1.29 is 17.9 Å². The zero-order valence-electron chi connectivity index (χ0n) is 11.1. The van der Waals surface area contributed by atoms with Gasteiger partial charge in [0.05, 0.1) is 11.1 Å². The van der Waals surface area contributed by atoms with Crippen molar-refractivity contribution in [2.75, 3.05) is 0 Å². The number of nitrogens with zero attached hydrogens (tertiary/aromatic N) is 1.